The van der Waals surface area contributed by atoms with Gasteiger partial charge in [-0.1, -0.05) is 6.92 Å². The van der Waals surface area contributed by atoms with E-state index in [0.717, 1.165) is 56.8 Å². The number of likely N-dealkylation sites (N-methyl/N-ethyl adjacent to an activating group) is 1. The van der Waals surface area contributed by atoms with Gasteiger partial charge in [0.1, 0.15) is 0 Å². The molecule has 1 atom stereocenters. The fraction of sp³-hybridized carbons (Fsp3) is 0.696. The van der Waals surface area contributed by atoms with Crippen molar-refractivity contribution in [3.8, 4) is 0 Å². The quantitative estimate of drug-likeness (QED) is 0.630. The SMILES string of the molecule is CCN1CCCC1CNC(=O)c1nn(CCOC)c2c1CN(Cc1cn(C)nc1C)CC2. The third kappa shape index (κ3) is 4.89. The first-order valence-electron chi connectivity index (χ1n) is 11.8. The lowest BCUT2D eigenvalue weighted by Gasteiger charge is -2.27. The highest BCUT2D eigenvalue weighted by Gasteiger charge is 2.30. The third-order valence-corrected chi connectivity index (χ3v) is 6.85. The molecule has 1 fully saturated rings. The van der Waals surface area contributed by atoms with Gasteiger partial charge >= 0.3 is 0 Å². The molecule has 9 nitrogen and oxygen atoms in total. The van der Waals surface area contributed by atoms with Crippen LogP contribution < -0.4 is 5.32 Å². The minimum atomic E-state index is -0.0558. The summed E-state index contributed by atoms with van der Waals surface area (Å²) in [6.45, 7) is 10.8. The molecule has 2 aromatic rings. The molecule has 0 aliphatic carbocycles. The summed E-state index contributed by atoms with van der Waals surface area (Å²) in [6.07, 6.45) is 5.32. The molecule has 0 saturated carbocycles. The number of likely N-dealkylation sites (tertiary alicyclic amines) is 1. The van der Waals surface area contributed by atoms with Crippen LogP contribution in [0.5, 0.6) is 0 Å². The number of nitrogens with one attached hydrogen (secondary N) is 1. The van der Waals surface area contributed by atoms with Gasteiger partial charge in [0.05, 0.1) is 18.8 Å². The molecule has 4 rings (SSSR count). The minimum Gasteiger partial charge on any atom is -0.383 e. The second-order valence-corrected chi connectivity index (χ2v) is 9.00. The van der Waals surface area contributed by atoms with Gasteiger partial charge in [0.15, 0.2) is 5.69 Å². The summed E-state index contributed by atoms with van der Waals surface area (Å²) in [7, 11) is 3.65. The Hall–Kier alpha value is -2.23. The second kappa shape index (κ2) is 10.1. The highest BCUT2D eigenvalue weighted by molar-refractivity contribution is 5.94. The van der Waals surface area contributed by atoms with Crippen molar-refractivity contribution < 1.29 is 9.53 Å². The van der Waals surface area contributed by atoms with Gasteiger partial charge in [0.2, 0.25) is 0 Å². The molecule has 2 aliphatic rings. The summed E-state index contributed by atoms with van der Waals surface area (Å²) in [4.78, 5) is 18.0. The zero-order chi connectivity index (χ0) is 22.7. The Labute approximate surface area is 190 Å². The van der Waals surface area contributed by atoms with Crippen LogP contribution in [0.25, 0.3) is 0 Å². The number of aryl methyl sites for hydroxylation is 2. The van der Waals surface area contributed by atoms with E-state index in [0.29, 0.717) is 31.4 Å². The van der Waals surface area contributed by atoms with Crippen LogP contribution >= 0.6 is 0 Å². The number of methoxy groups -OCH3 is 1. The second-order valence-electron chi connectivity index (χ2n) is 9.00. The Morgan fingerprint density at radius 1 is 1.31 bits per heavy atom. The first-order valence-corrected chi connectivity index (χ1v) is 11.8. The predicted molar refractivity (Wildman–Crippen MR) is 122 cm³/mol. The Morgan fingerprint density at radius 3 is 2.88 bits per heavy atom. The average Bonchev–Trinajstić information content (AvgIpc) is 3.47. The van der Waals surface area contributed by atoms with Gasteiger partial charge in [0, 0.05) is 75.8 Å². The Bertz CT molecular complexity index is 935. The van der Waals surface area contributed by atoms with Crippen LogP contribution in [0.2, 0.25) is 0 Å². The van der Waals surface area contributed by atoms with E-state index in [2.05, 4.69) is 40.3 Å². The monoisotopic (exact) mass is 443 g/mol. The molecule has 1 amide bonds. The molecular weight excluding hydrogens is 406 g/mol. The van der Waals surface area contributed by atoms with Crippen molar-refractivity contribution in [2.45, 2.75) is 58.8 Å². The molecular formula is C23H37N7O2. The molecule has 0 spiro atoms. The number of carbonyl (C=O) groups is 1. The number of aromatic nitrogens is 4. The van der Waals surface area contributed by atoms with Crippen LogP contribution in [0, 0.1) is 6.92 Å². The lowest BCUT2D eigenvalue weighted by Crippen LogP contribution is -2.40. The molecule has 0 bridgehead atoms. The highest BCUT2D eigenvalue weighted by atomic mass is 16.5. The summed E-state index contributed by atoms with van der Waals surface area (Å²) in [5, 5.41) is 12.4. The van der Waals surface area contributed by atoms with Crippen molar-refractivity contribution in [3.05, 3.63) is 34.4 Å². The van der Waals surface area contributed by atoms with E-state index in [1.54, 1.807) is 7.11 Å². The van der Waals surface area contributed by atoms with Crippen molar-refractivity contribution >= 4 is 5.91 Å². The van der Waals surface area contributed by atoms with E-state index in [1.807, 2.05) is 16.4 Å². The zero-order valence-corrected chi connectivity index (χ0v) is 19.9. The summed E-state index contributed by atoms with van der Waals surface area (Å²) >= 11 is 0. The van der Waals surface area contributed by atoms with Crippen LogP contribution in [-0.4, -0.2) is 81.2 Å². The maximum absolute atomic E-state index is 13.2. The number of fused-ring (bicyclic) bond motifs is 1. The number of hydrogen-bond acceptors (Lipinski definition) is 6. The predicted octanol–water partition coefficient (Wildman–Crippen LogP) is 1.34. The van der Waals surface area contributed by atoms with Crippen LogP contribution in [-0.2, 0) is 37.8 Å². The summed E-state index contributed by atoms with van der Waals surface area (Å²) in [5.41, 5.74) is 5.09. The molecule has 2 aliphatic heterocycles. The van der Waals surface area contributed by atoms with Gasteiger partial charge in [-0.2, -0.15) is 10.2 Å². The third-order valence-electron chi connectivity index (χ3n) is 6.85. The van der Waals surface area contributed by atoms with E-state index in [-0.39, 0.29) is 5.91 Å². The largest absolute Gasteiger partial charge is 0.383 e. The average molecular weight is 444 g/mol. The van der Waals surface area contributed by atoms with E-state index < -0.39 is 0 Å². The number of ether oxygens (including phenoxy) is 1. The van der Waals surface area contributed by atoms with E-state index >= 15 is 0 Å². The van der Waals surface area contributed by atoms with Crippen molar-refractivity contribution in [1.29, 1.82) is 0 Å². The normalized spacial score (nSPS) is 19.4. The highest BCUT2D eigenvalue weighted by Crippen LogP contribution is 2.25. The zero-order valence-electron chi connectivity index (χ0n) is 19.9. The molecule has 1 N–H and O–H groups in total. The van der Waals surface area contributed by atoms with Crippen LogP contribution in [0.3, 0.4) is 0 Å². The maximum Gasteiger partial charge on any atom is 0.272 e. The van der Waals surface area contributed by atoms with Crippen LogP contribution in [0.4, 0.5) is 0 Å². The van der Waals surface area contributed by atoms with E-state index in [1.165, 1.54) is 17.7 Å². The van der Waals surface area contributed by atoms with Gasteiger partial charge in [-0.3, -0.25) is 24.0 Å². The molecule has 0 radical (unpaired) electrons. The number of carbonyl (C=O) groups excluding carboxylic acids is 1. The van der Waals surface area contributed by atoms with Gasteiger partial charge in [-0.25, -0.2) is 0 Å². The molecule has 1 unspecified atom stereocenters. The minimum absolute atomic E-state index is 0.0558. The lowest BCUT2D eigenvalue weighted by molar-refractivity contribution is 0.0932. The van der Waals surface area contributed by atoms with Crippen molar-refractivity contribution in [1.82, 2.24) is 34.7 Å². The number of hydrogen-bond donors (Lipinski definition) is 1. The first kappa shape index (κ1) is 22.9. The van der Waals surface area contributed by atoms with Crippen LogP contribution in [0.1, 0.15) is 52.8 Å². The van der Waals surface area contributed by atoms with Crippen molar-refractivity contribution in [3.63, 3.8) is 0 Å². The molecule has 1 saturated heterocycles. The Kier molecular flexibility index (Phi) is 7.27. The molecule has 2 aromatic heterocycles. The lowest BCUT2D eigenvalue weighted by atomic mass is 10.0. The number of amides is 1. The van der Waals surface area contributed by atoms with Crippen LogP contribution in [0.15, 0.2) is 6.20 Å². The van der Waals surface area contributed by atoms with E-state index in [4.69, 9.17) is 9.84 Å². The number of rotatable bonds is 9. The summed E-state index contributed by atoms with van der Waals surface area (Å²) < 4.78 is 9.12. The maximum atomic E-state index is 13.2. The topological polar surface area (TPSA) is 80.5 Å². The molecule has 32 heavy (non-hydrogen) atoms. The fourth-order valence-corrected chi connectivity index (χ4v) is 5.11. The summed E-state index contributed by atoms with van der Waals surface area (Å²) in [6, 6.07) is 0.431. The van der Waals surface area contributed by atoms with Crippen molar-refractivity contribution in [2.75, 3.05) is 39.9 Å². The van der Waals surface area contributed by atoms with Gasteiger partial charge in [0.25, 0.3) is 5.91 Å². The number of nitrogens with zero attached hydrogens (tertiary/aromatic N) is 6. The molecule has 4 heterocycles. The Morgan fingerprint density at radius 2 is 2.16 bits per heavy atom. The molecule has 0 aromatic carbocycles. The first-order chi connectivity index (χ1) is 15.5. The van der Waals surface area contributed by atoms with Gasteiger partial charge < -0.3 is 10.1 Å². The van der Waals surface area contributed by atoms with Gasteiger partial charge in [-0.05, 0) is 32.9 Å². The standard InChI is InChI=1S/C23H37N7O2/c1-5-29-9-6-7-19(29)13-24-23(31)22-20-16-28(15-18-14-27(3)25-17(18)2)10-8-21(20)30(26-22)11-12-32-4/h14,19H,5-13,15-16H2,1-4H3,(H,24,31). The molecule has 9 heteroatoms. The van der Waals surface area contributed by atoms with Gasteiger partial charge in [-0.15, -0.1) is 0 Å². The van der Waals surface area contributed by atoms with Crippen molar-refractivity contribution in [2.24, 2.45) is 7.05 Å². The fourth-order valence-electron chi connectivity index (χ4n) is 5.11. The van der Waals surface area contributed by atoms with E-state index in [9.17, 15) is 4.79 Å². The molecule has 176 valence electrons. The Balaban J connectivity index is 1.50. The summed E-state index contributed by atoms with van der Waals surface area (Å²) in [5.74, 6) is -0.0558. The smallest absolute Gasteiger partial charge is 0.272 e.